The van der Waals surface area contributed by atoms with Crippen molar-refractivity contribution in [1.29, 1.82) is 0 Å². The molecule has 2 N–H and O–H groups in total. The van der Waals surface area contributed by atoms with Crippen molar-refractivity contribution in [2.24, 2.45) is 0 Å². The molecule has 13 heteroatoms. The van der Waals surface area contributed by atoms with Crippen LogP contribution in [0.4, 0.5) is 13.2 Å². The van der Waals surface area contributed by atoms with E-state index >= 15 is 0 Å². The number of carbonyl (C=O) groups is 3. The number of halogens is 3. The highest BCUT2D eigenvalue weighted by atomic mass is 19.4. The average molecular weight is 547 g/mol. The van der Waals surface area contributed by atoms with E-state index in [1.165, 1.54) is 7.11 Å². The Morgan fingerprint density at radius 2 is 1.59 bits per heavy atom. The number of fused-ring (bicyclic) bond motifs is 4. The number of likely N-dealkylation sites (N-methyl/N-ethyl adjacent to an activating group) is 1. The van der Waals surface area contributed by atoms with Gasteiger partial charge in [-0.25, -0.2) is 19.6 Å². The Morgan fingerprint density at radius 1 is 0.949 bits per heavy atom. The lowest BCUT2D eigenvalue weighted by molar-refractivity contribution is -0.192. The number of hydrogen-bond acceptors (Lipinski definition) is 8. The third-order valence-corrected chi connectivity index (χ3v) is 5.50. The molecule has 4 rings (SSSR count). The SMILES string of the molecule is COC(=O)C(CN(C)C)NC(=O)c1cccc2nc3ccc4c(OC)cccc4c3nc12.O=C(O)C(F)(F)F. The molecule has 0 fully saturated rings. The first kappa shape index (κ1) is 29.0. The van der Waals surface area contributed by atoms with Crippen LogP contribution in [0.5, 0.6) is 5.75 Å². The zero-order valence-electron chi connectivity index (χ0n) is 21.4. The number of aromatic nitrogens is 2. The zero-order valence-corrected chi connectivity index (χ0v) is 21.4. The van der Waals surface area contributed by atoms with E-state index in [0.29, 0.717) is 28.7 Å². The Morgan fingerprint density at radius 3 is 2.18 bits per heavy atom. The van der Waals surface area contributed by atoms with Crippen LogP contribution in [0.15, 0.2) is 48.5 Å². The van der Waals surface area contributed by atoms with Crippen molar-refractivity contribution in [1.82, 2.24) is 20.2 Å². The molecule has 10 nitrogen and oxygen atoms in total. The molecule has 4 aromatic rings. The lowest BCUT2D eigenvalue weighted by Gasteiger charge is -2.20. The van der Waals surface area contributed by atoms with E-state index in [9.17, 15) is 22.8 Å². The summed E-state index contributed by atoms with van der Waals surface area (Å²) in [5.41, 5.74) is 2.78. The number of nitrogens with one attached hydrogen (secondary N) is 1. The van der Waals surface area contributed by atoms with Gasteiger partial charge in [-0.2, -0.15) is 13.2 Å². The molecule has 0 aliphatic rings. The Kier molecular flexibility index (Phi) is 8.86. The highest BCUT2D eigenvalue weighted by molar-refractivity contribution is 6.11. The lowest BCUT2D eigenvalue weighted by atomic mass is 10.1. The van der Waals surface area contributed by atoms with E-state index in [-0.39, 0.29) is 0 Å². The molecule has 1 unspecified atom stereocenters. The van der Waals surface area contributed by atoms with Gasteiger partial charge in [-0.05, 0) is 44.4 Å². The summed E-state index contributed by atoms with van der Waals surface area (Å²) in [7, 11) is 6.55. The molecular weight excluding hydrogens is 521 g/mol. The number of para-hydroxylation sites is 1. The van der Waals surface area contributed by atoms with Gasteiger partial charge in [0.15, 0.2) is 0 Å². The minimum atomic E-state index is -5.08. The predicted octanol–water partition coefficient (Wildman–Crippen LogP) is 3.41. The molecule has 0 radical (unpaired) electrons. The molecule has 0 spiro atoms. The molecule has 1 atom stereocenters. The summed E-state index contributed by atoms with van der Waals surface area (Å²) in [5.74, 6) is -2.95. The summed E-state index contributed by atoms with van der Waals surface area (Å²) >= 11 is 0. The van der Waals surface area contributed by atoms with Crippen LogP contribution in [0.3, 0.4) is 0 Å². The third-order valence-electron chi connectivity index (χ3n) is 5.50. The quantitative estimate of drug-likeness (QED) is 0.212. The van der Waals surface area contributed by atoms with E-state index in [1.54, 1.807) is 24.1 Å². The number of ether oxygens (including phenoxy) is 2. The molecule has 1 heterocycles. The fraction of sp³-hybridized carbons (Fsp3) is 0.269. The van der Waals surface area contributed by atoms with E-state index in [1.807, 2.05) is 50.5 Å². The highest BCUT2D eigenvalue weighted by Crippen LogP contribution is 2.31. The number of carboxylic acid groups (broad SMARTS) is 1. The van der Waals surface area contributed by atoms with Crippen LogP contribution < -0.4 is 10.1 Å². The van der Waals surface area contributed by atoms with Crippen LogP contribution in [0.2, 0.25) is 0 Å². The van der Waals surface area contributed by atoms with E-state index in [4.69, 9.17) is 29.3 Å². The van der Waals surface area contributed by atoms with Gasteiger partial charge in [0, 0.05) is 17.3 Å². The molecule has 0 aliphatic heterocycles. The van der Waals surface area contributed by atoms with Gasteiger partial charge in [0.2, 0.25) is 0 Å². The normalized spacial score (nSPS) is 12.1. The molecule has 0 saturated carbocycles. The van der Waals surface area contributed by atoms with Gasteiger partial charge in [-0.3, -0.25) is 4.79 Å². The standard InChI is InChI=1S/C24H24N4O4.C2HF3O2/c1-28(2)13-19(24(30)32-4)26-23(29)16-8-5-9-17-22(16)27-21-15-7-6-10-20(31-3)14(15)11-12-18(21)25-17;3-2(4,5)1(6)7/h5-12,19H,13H2,1-4H3,(H,26,29);(H,6,7). The number of alkyl halides is 3. The van der Waals surface area contributed by atoms with Gasteiger partial charge >= 0.3 is 18.1 Å². The maximum Gasteiger partial charge on any atom is 0.490 e. The Hall–Kier alpha value is -4.52. The van der Waals surface area contributed by atoms with Crippen molar-refractivity contribution in [3.05, 3.63) is 54.1 Å². The highest BCUT2D eigenvalue weighted by Gasteiger charge is 2.38. The van der Waals surface area contributed by atoms with Gasteiger partial charge in [0.1, 0.15) is 17.3 Å². The van der Waals surface area contributed by atoms with Crippen LogP contribution in [0.25, 0.3) is 32.8 Å². The lowest BCUT2D eigenvalue weighted by Crippen LogP contribution is -2.47. The molecule has 0 bridgehead atoms. The summed E-state index contributed by atoms with van der Waals surface area (Å²) in [6.45, 7) is 0.308. The Balaban J connectivity index is 0.000000532. The average Bonchev–Trinajstić information content (AvgIpc) is 2.89. The summed E-state index contributed by atoms with van der Waals surface area (Å²) in [6.07, 6.45) is -5.08. The predicted molar refractivity (Wildman–Crippen MR) is 137 cm³/mol. The second-order valence-electron chi connectivity index (χ2n) is 8.50. The summed E-state index contributed by atoms with van der Waals surface area (Å²) < 4.78 is 42.1. The van der Waals surface area contributed by atoms with Crippen LogP contribution in [0.1, 0.15) is 10.4 Å². The molecule has 0 aliphatic carbocycles. The summed E-state index contributed by atoms with van der Waals surface area (Å²) in [5, 5.41) is 11.7. The number of amides is 1. The van der Waals surface area contributed by atoms with Gasteiger partial charge in [-0.1, -0.05) is 18.2 Å². The third kappa shape index (κ3) is 6.68. The van der Waals surface area contributed by atoms with Crippen molar-refractivity contribution in [2.75, 3.05) is 34.9 Å². The van der Waals surface area contributed by atoms with Crippen molar-refractivity contribution in [3.8, 4) is 5.75 Å². The smallest absolute Gasteiger partial charge is 0.490 e. The largest absolute Gasteiger partial charge is 0.496 e. The molecule has 39 heavy (non-hydrogen) atoms. The number of methoxy groups -OCH3 is 2. The number of aliphatic carboxylic acids is 1. The first-order chi connectivity index (χ1) is 18.4. The van der Waals surface area contributed by atoms with Gasteiger partial charge in [0.05, 0.1) is 36.3 Å². The van der Waals surface area contributed by atoms with Crippen LogP contribution >= 0.6 is 0 Å². The van der Waals surface area contributed by atoms with Gasteiger partial charge in [-0.15, -0.1) is 0 Å². The number of nitrogens with zero attached hydrogens (tertiary/aromatic N) is 3. The van der Waals surface area contributed by atoms with E-state index in [2.05, 4.69) is 5.32 Å². The van der Waals surface area contributed by atoms with Crippen molar-refractivity contribution in [2.45, 2.75) is 12.2 Å². The molecule has 1 aromatic heterocycles. The Bertz CT molecular complexity index is 1540. The van der Waals surface area contributed by atoms with Crippen molar-refractivity contribution >= 4 is 50.7 Å². The van der Waals surface area contributed by atoms with Gasteiger partial charge < -0.3 is 24.8 Å². The second kappa shape index (κ2) is 11.9. The number of carboxylic acids is 1. The molecule has 0 saturated heterocycles. The molecule has 3 aromatic carbocycles. The van der Waals surface area contributed by atoms with Crippen molar-refractivity contribution in [3.63, 3.8) is 0 Å². The fourth-order valence-corrected chi connectivity index (χ4v) is 3.77. The maximum absolute atomic E-state index is 13.1. The molecule has 206 valence electrons. The van der Waals surface area contributed by atoms with Crippen LogP contribution in [-0.2, 0) is 14.3 Å². The number of esters is 1. The van der Waals surface area contributed by atoms with Crippen LogP contribution in [0, 0.1) is 0 Å². The number of carbonyl (C=O) groups excluding carboxylic acids is 2. The number of rotatable bonds is 6. The fourth-order valence-electron chi connectivity index (χ4n) is 3.77. The maximum atomic E-state index is 13.1. The monoisotopic (exact) mass is 546 g/mol. The van der Waals surface area contributed by atoms with Crippen LogP contribution in [-0.4, -0.2) is 84.9 Å². The summed E-state index contributed by atoms with van der Waals surface area (Å²) in [4.78, 5) is 45.6. The molecule has 1 amide bonds. The first-order valence-electron chi connectivity index (χ1n) is 11.4. The number of hydrogen-bond donors (Lipinski definition) is 2. The second-order valence-corrected chi connectivity index (χ2v) is 8.50. The van der Waals surface area contributed by atoms with Crippen molar-refractivity contribution < 1.29 is 42.1 Å². The topological polar surface area (TPSA) is 131 Å². The minimum absolute atomic E-state index is 0.308. The minimum Gasteiger partial charge on any atom is -0.496 e. The molecular formula is C26H25F3N4O6. The first-order valence-corrected chi connectivity index (χ1v) is 11.4. The number of benzene rings is 3. The van der Waals surface area contributed by atoms with Gasteiger partial charge in [0.25, 0.3) is 5.91 Å². The summed E-state index contributed by atoms with van der Waals surface area (Å²) in [6, 6.07) is 14.0. The zero-order chi connectivity index (χ0) is 28.9. The van der Waals surface area contributed by atoms with E-state index in [0.717, 1.165) is 22.0 Å². The Labute approximate surface area is 220 Å². The van der Waals surface area contributed by atoms with E-state index < -0.39 is 30.1 Å².